The van der Waals surface area contributed by atoms with E-state index in [1.807, 2.05) is 41.3 Å². The summed E-state index contributed by atoms with van der Waals surface area (Å²) in [5.41, 5.74) is 3.46. The van der Waals surface area contributed by atoms with Crippen LogP contribution in [-0.4, -0.2) is 35.5 Å². The van der Waals surface area contributed by atoms with E-state index in [2.05, 4.69) is 12.1 Å². The van der Waals surface area contributed by atoms with E-state index in [0.29, 0.717) is 18.8 Å². The average molecular weight is 420 g/mol. The highest BCUT2D eigenvalue weighted by atomic mass is 16.6. The predicted octanol–water partition coefficient (Wildman–Crippen LogP) is 4.70. The van der Waals surface area contributed by atoms with Gasteiger partial charge in [0.2, 0.25) is 0 Å². The highest BCUT2D eigenvalue weighted by Crippen LogP contribution is 2.40. The molecule has 2 bridgehead atoms. The SMILES string of the molecule is O=C(CCc1ccc2c(c1)CCO2)C1CC2CCC(C1)N2C(=O)OCc1ccccc1. The molecule has 0 spiro atoms. The zero-order chi connectivity index (χ0) is 21.2. The second kappa shape index (κ2) is 8.74. The van der Waals surface area contributed by atoms with Gasteiger partial charge < -0.3 is 14.4 Å². The molecule has 0 N–H and O–H groups in total. The first-order chi connectivity index (χ1) is 15.2. The van der Waals surface area contributed by atoms with Gasteiger partial charge in [0.05, 0.1) is 6.61 Å². The molecule has 0 aromatic heterocycles. The lowest BCUT2D eigenvalue weighted by molar-refractivity contribution is -0.125. The number of amides is 1. The lowest BCUT2D eigenvalue weighted by atomic mass is 9.85. The minimum absolute atomic E-state index is 0.0634. The van der Waals surface area contributed by atoms with Crippen molar-refractivity contribution in [3.05, 3.63) is 65.2 Å². The number of hydrogen-bond donors (Lipinski definition) is 0. The van der Waals surface area contributed by atoms with Gasteiger partial charge in [0.1, 0.15) is 18.1 Å². The van der Waals surface area contributed by atoms with Crippen LogP contribution in [0.4, 0.5) is 4.79 Å². The van der Waals surface area contributed by atoms with E-state index in [1.54, 1.807) is 0 Å². The van der Waals surface area contributed by atoms with Crippen molar-refractivity contribution >= 4 is 11.9 Å². The first kappa shape index (κ1) is 20.1. The highest BCUT2D eigenvalue weighted by molar-refractivity contribution is 5.82. The Kier molecular flexibility index (Phi) is 5.66. The molecule has 2 atom stereocenters. The second-order valence-electron chi connectivity index (χ2n) is 9.01. The van der Waals surface area contributed by atoms with E-state index >= 15 is 0 Å². The molecule has 0 aliphatic carbocycles. The van der Waals surface area contributed by atoms with Crippen LogP contribution >= 0.6 is 0 Å². The number of carbonyl (C=O) groups excluding carboxylic acids is 2. The lowest BCUT2D eigenvalue weighted by Gasteiger charge is -2.37. The fraction of sp³-hybridized carbons (Fsp3) is 0.462. The Bertz CT molecular complexity index is 943. The minimum atomic E-state index is -0.234. The number of carbonyl (C=O) groups is 2. The standard InChI is InChI=1S/C26H29NO4/c28-24(10-6-18-7-11-25-20(14-18)12-13-30-25)21-15-22-8-9-23(16-21)27(22)26(29)31-17-19-4-2-1-3-5-19/h1-5,7,11,14,21-23H,6,8-10,12-13,15-17H2. The zero-order valence-corrected chi connectivity index (χ0v) is 17.8. The molecule has 1 amide bonds. The summed E-state index contributed by atoms with van der Waals surface area (Å²) in [5, 5.41) is 0. The van der Waals surface area contributed by atoms with Crippen molar-refractivity contribution in [2.75, 3.05) is 6.61 Å². The van der Waals surface area contributed by atoms with Crippen molar-refractivity contribution in [3.63, 3.8) is 0 Å². The van der Waals surface area contributed by atoms with E-state index in [9.17, 15) is 9.59 Å². The molecule has 3 aliphatic heterocycles. The molecule has 3 aliphatic rings. The van der Waals surface area contributed by atoms with E-state index in [1.165, 1.54) is 11.1 Å². The second-order valence-corrected chi connectivity index (χ2v) is 9.01. The van der Waals surface area contributed by atoms with Gasteiger partial charge in [-0.2, -0.15) is 0 Å². The van der Waals surface area contributed by atoms with Crippen LogP contribution in [0, 0.1) is 5.92 Å². The Morgan fingerprint density at radius 3 is 2.55 bits per heavy atom. The molecule has 5 nitrogen and oxygen atoms in total. The summed E-state index contributed by atoms with van der Waals surface area (Å²) in [4.78, 5) is 27.6. The molecule has 31 heavy (non-hydrogen) atoms. The first-order valence-corrected chi connectivity index (χ1v) is 11.4. The maximum atomic E-state index is 13.0. The van der Waals surface area contributed by atoms with Gasteiger partial charge in [-0.15, -0.1) is 0 Å². The van der Waals surface area contributed by atoms with Gasteiger partial charge in [-0.3, -0.25) is 4.79 Å². The Balaban J connectivity index is 1.14. The quantitative estimate of drug-likeness (QED) is 0.681. The Morgan fingerprint density at radius 2 is 1.77 bits per heavy atom. The monoisotopic (exact) mass is 419 g/mol. The van der Waals surface area contributed by atoms with E-state index in [0.717, 1.165) is 56.4 Å². The van der Waals surface area contributed by atoms with Gasteiger partial charge >= 0.3 is 6.09 Å². The number of aryl methyl sites for hydroxylation is 1. The summed E-state index contributed by atoms with van der Waals surface area (Å²) in [6.45, 7) is 1.05. The number of piperidine rings is 1. The van der Waals surface area contributed by atoms with Crippen LogP contribution < -0.4 is 4.74 Å². The van der Waals surface area contributed by atoms with Crippen LogP contribution in [0.2, 0.25) is 0 Å². The summed E-state index contributed by atoms with van der Waals surface area (Å²) < 4.78 is 11.1. The van der Waals surface area contributed by atoms with Crippen LogP contribution in [0.5, 0.6) is 5.75 Å². The van der Waals surface area contributed by atoms with E-state index in [-0.39, 0.29) is 24.1 Å². The largest absolute Gasteiger partial charge is 0.493 e. The molecule has 2 unspecified atom stereocenters. The van der Waals surface area contributed by atoms with E-state index in [4.69, 9.17) is 9.47 Å². The number of nitrogens with zero attached hydrogens (tertiary/aromatic N) is 1. The van der Waals surface area contributed by atoms with Crippen LogP contribution in [0.15, 0.2) is 48.5 Å². The molecule has 162 valence electrons. The summed E-state index contributed by atoms with van der Waals surface area (Å²) in [6, 6.07) is 16.3. The average Bonchev–Trinajstić information content (AvgIpc) is 3.37. The van der Waals surface area contributed by atoms with Crippen LogP contribution in [0.1, 0.15) is 48.8 Å². The van der Waals surface area contributed by atoms with Gasteiger partial charge in [-0.1, -0.05) is 42.5 Å². The molecular weight excluding hydrogens is 390 g/mol. The van der Waals surface area contributed by atoms with Crippen molar-refractivity contribution < 1.29 is 19.1 Å². The van der Waals surface area contributed by atoms with Gasteiger partial charge in [-0.25, -0.2) is 4.79 Å². The number of hydrogen-bond acceptors (Lipinski definition) is 4. The third kappa shape index (κ3) is 4.32. The normalized spacial score (nSPS) is 23.9. The number of benzene rings is 2. The van der Waals surface area contributed by atoms with Gasteiger partial charge in [0, 0.05) is 30.8 Å². The van der Waals surface area contributed by atoms with Crippen molar-refractivity contribution in [1.29, 1.82) is 0 Å². The third-order valence-corrected chi connectivity index (χ3v) is 7.02. The van der Waals surface area contributed by atoms with E-state index < -0.39 is 0 Å². The maximum Gasteiger partial charge on any atom is 0.410 e. The summed E-state index contributed by atoms with van der Waals surface area (Å²) >= 11 is 0. The molecule has 5 heteroatoms. The summed E-state index contributed by atoms with van der Waals surface area (Å²) in [5.74, 6) is 1.39. The van der Waals surface area contributed by atoms with Crippen LogP contribution in [-0.2, 0) is 29.0 Å². The first-order valence-electron chi connectivity index (χ1n) is 11.4. The zero-order valence-electron chi connectivity index (χ0n) is 17.8. The molecule has 2 fully saturated rings. The number of fused-ring (bicyclic) bond motifs is 3. The highest BCUT2D eigenvalue weighted by Gasteiger charge is 2.45. The van der Waals surface area contributed by atoms with Crippen molar-refractivity contribution in [2.24, 2.45) is 5.92 Å². The predicted molar refractivity (Wildman–Crippen MR) is 117 cm³/mol. The smallest absolute Gasteiger partial charge is 0.410 e. The van der Waals surface area contributed by atoms with Crippen molar-refractivity contribution in [1.82, 2.24) is 4.90 Å². The fourth-order valence-electron chi connectivity index (χ4n) is 5.40. The fourth-order valence-corrected chi connectivity index (χ4v) is 5.40. The summed E-state index contributed by atoms with van der Waals surface area (Å²) in [7, 11) is 0. The number of Topliss-reactive ketones (excluding diaryl/α,β-unsaturated/α-hetero) is 1. The van der Waals surface area contributed by atoms with Crippen molar-refractivity contribution in [2.45, 2.75) is 63.6 Å². The minimum Gasteiger partial charge on any atom is -0.493 e. The molecule has 2 saturated heterocycles. The molecule has 3 heterocycles. The van der Waals surface area contributed by atoms with Gasteiger partial charge in [0.15, 0.2) is 0 Å². The number of ether oxygens (including phenoxy) is 2. The topological polar surface area (TPSA) is 55.8 Å². The molecule has 0 saturated carbocycles. The van der Waals surface area contributed by atoms with Crippen LogP contribution in [0.25, 0.3) is 0 Å². The van der Waals surface area contributed by atoms with Crippen molar-refractivity contribution in [3.8, 4) is 5.75 Å². The molecule has 0 radical (unpaired) electrons. The Hall–Kier alpha value is -2.82. The molecule has 5 rings (SSSR count). The molecular formula is C26H29NO4. The number of ketones is 1. The molecule has 2 aromatic rings. The third-order valence-electron chi connectivity index (χ3n) is 7.02. The lowest BCUT2D eigenvalue weighted by Crippen LogP contribution is -2.48. The van der Waals surface area contributed by atoms with Crippen LogP contribution in [0.3, 0.4) is 0 Å². The number of rotatable bonds is 6. The van der Waals surface area contributed by atoms with Gasteiger partial charge in [0.25, 0.3) is 0 Å². The summed E-state index contributed by atoms with van der Waals surface area (Å²) in [6.07, 6.45) is 5.56. The van der Waals surface area contributed by atoms with Gasteiger partial charge in [-0.05, 0) is 54.9 Å². The Morgan fingerprint density at radius 1 is 1.00 bits per heavy atom. The Labute approximate surface area is 183 Å². The maximum absolute atomic E-state index is 13.0. The molecule has 2 aromatic carbocycles.